The van der Waals surface area contributed by atoms with Crippen LogP contribution in [0.4, 0.5) is 0 Å². The van der Waals surface area contributed by atoms with E-state index in [-0.39, 0.29) is 0 Å². The first kappa shape index (κ1) is 7.89. The number of hydrogen-bond donors (Lipinski definition) is 0. The van der Waals surface area contributed by atoms with Crippen molar-refractivity contribution in [3.05, 3.63) is 10.8 Å². The molecule has 0 fully saturated rings. The van der Waals surface area contributed by atoms with Crippen molar-refractivity contribution in [1.29, 1.82) is 0 Å². The number of hydrogen-bond acceptors (Lipinski definition) is 4. The van der Waals surface area contributed by atoms with Crippen molar-refractivity contribution in [3.8, 4) is 11.5 Å². The second-order valence-electron chi connectivity index (χ2n) is 2.27. The van der Waals surface area contributed by atoms with Gasteiger partial charge in [-0.15, -0.1) is 22.7 Å². The molecular weight excluding hydrogens is 192 g/mol. The molecule has 0 N–H and O–H groups in total. The molecule has 0 saturated carbocycles. The van der Waals surface area contributed by atoms with Crippen LogP contribution in [0.1, 0.15) is 0 Å². The lowest BCUT2D eigenvalue weighted by Gasteiger charge is -1.97. The van der Waals surface area contributed by atoms with Crippen LogP contribution in [0.5, 0.6) is 11.5 Å². The van der Waals surface area contributed by atoms with E-state index in [4.69, 9.17) is 9.47 Å². The van der Waals surface area contributed by atoms with Gasteiger partial charge in [-0.25, -0.2) is 0 Å². The van der Waals surface area contributed by atoms with Crippen LogP contribution in [0.3, 0.4) is 0 Å². The molecule has 0 spiro atoms. The van der Waals surface area contributed by atoms with Gasteiger partial charge < -0.3 is 9.47 Å². The molecule has 0 atom stereocenters. The van der Waals surface area contributed by atoms with Crippen LogP contribution < -0.4 is 9.47 Å². The van der Waals surface area contributed by atoms with Crippen molar-refractivity contribution >= 4 is 32.1 Å². The summed E-state index contributed by atoms with van der Waals surface area (Å²) in [5, 5.41) is 5.11. The van der Waals surface area contributed by atoms with Gasteiger partial charge in [-0.05, 0) is 0 Å². The minimum Gasteiger partial charge on any atom is -0.495 e. The van der Waals surface area contributed by atoms with E-state index in [0.717, 1.165) is 16.9 Å². The van der Waals surface area contributed by atoms with E-state index in [2.05, 4.69) is 0 Å². The fourth-order valence-corrected chi connectivity index (χ4v) is 3.11. The van der Waals surface area contributed by atoms with Crippen LogP contribution in [-0.4, -0.2) is 14.2 Å². The first-order chi connectivity index (χ1) is 5.86. The maximum atomic E-state index is 5.21. The summed E-state index contributed by atoms with van der Waals surface area (Å²) in [5.74, 6) is 1.82. The summed E-state index contributed by atoms with van der Waals surface area (Å²) in [6, 6.07) is 0. The molecule has 0 aliphatic carbocycles. The van der Waals surface area contributed by atoms with Gasteiger partial charge in [0.1, 0.15) is 11.5 Å². The second kappa shape index (κ2) is 2.95. The summed E-state index contributed by atoms with van der Waals surface area (Å²) >= 11 is 3.38. The van der Waals surface area contributed by atoms with E-state index in [9.17, 15) is 0 Å². The summed E-state index contributed by atoms with van der Waals surface area (Å²) in [6.45, 7) is 0. The topological polar surface area (TPSA) is 18.5 Å². The van der Waals surface area contributed by atoms with Gasteiger partial charge in [-0.1, -0.05) is 0 Å². The molecule has 2 nitrogen and oxygen atoms in total. The molecule has 0 aliphatic heterocycles. The Labute approximate surface area is 78.4 Å². The van der Waals surface area contributed by atoms with E-state index in [1.54, 1.807) is 36.9 Å². The van der Waals surface area contributed by atoms with Gasteiger partial charge in [0.2, 0.25) is 0 Å². The van der Waals surface area contributed by atoms with Gasteiger partial charge >= 0.3 is 0 Å². The zero-order chi connectivity index (χ0) is 8.55. The Bertz CT molecular complexity index is 355. The van der Waals surface area contributed by atoms with Crippen molar-refractivity contribution in [2.45, 2.75) is 0 Å². The van der Waals surface area contributed by atoms with Crippen molar-refractivity contribution in [2.75, 3.05) is 14.2 Å². The predicted molar refractivity (Wildman–Crippen MR) is 52.8 cm³/mol. The highest BCUT2D eigenvalue weighted by molar-refractivity contribution is 7.37. The highest BCUT2D eigenvalue weighted by Crippen LogP contribution is 2.43. The number of ether oxygens (including phenoxy) is 2. The average molecular weight is 200 g/mol. The fraction of sp³-hybridized carbons (Fsp3) is 0.250. The molecule has 0 aromatic carbocycles. The first-order valence-corrected chi connectivity index (χ1v) is 5.19. The molecule has 0 radical (unpaired) electrons. The van der Waals surface area contributed by atoms with Gasteiger partial charge in [0.15, 0.2) is 0 Å². The third kappa shape index (κ3) is 0.990. The lowest BCUT2D eigenvalue weighted by molar-refractivity contribution is 0.407. The molecule has 2 aromatic heterocycles. The van der Waals surface area contributed by atoms with Crippen LogP contribution >= 0.6 is 22.7 Å². The van der Waals surface area contributed by atoms with Gasteiger partial charge in [-0.3, -0.25) is 0 Å². The van der Waals surface area contributed by atoms with Gasteiger partial charge in [0.05, 0.1) is 23.6 Å². The standard InChI is InChI=1S/C8H8O2S2/c1-9-5-3-11-8-7(5)6(10-2)4-12-8/h3-4H,1-2H3. The lowest BCUT2D eigenvalue weighted by Crippen LogP contribution is -1.82. The first-order valence-electron chi connectivity index (χ1n) is 3.43. The number of fused-ring (bicyclic) bond motifs is 1. The van der Waals surface area contributed by atoms with Gasteiger partial charge in [-0.2, -0.15) is 0 Å². The Morgan fingerprint density at radius 2 is 1.50 bits per heavy atom. The van der Waals surface area contributed by atoms with Crippen LogP contribution in [0.2, 0.25) is 0 Å². The number of rotatable bonds is 2. The molecule has 0 saturated heterocycles. The van der Waals surface area contributed by atoms with Crippen molar-refractivity contribution in [2.24, 2.45) is 0 Å². The summed E-state index contributed by atoms with van der Waals surface area (Å²) in [5.41, 5.74) is 0. The van der Waals surface area contributed by atoms with Crippen LogP contribution in [0.15, 0.2) is 10.8 Å². The quantitative estimate of drug-likeness (QED) is 0.742. The van der Waals surface area contributed by atoms with E-state index >= 15 is 0 Å². The Hall–Kier alpha value is -0.740. The Balaban J connectivity index is 2.70. The third-order valence-electron chi connectivity index (χ3n) is 1.68. The highest BCUT2D eigenvalue weighted by atomic mass is 32.2. The highest BCUT2D eigenvalue weighted by Gasteiger charge is 2.11. The summed E-state index contributed by atoms with van der Waals surface area (Å²) in [4.78, 5) is 0. The van der Waals surface area contributed by atoms with Crippen molar-refractivity contribution < 1.29 is 9.47 Å². The van der Waals surface area contributed by atoms with Crippen LogP contribution in [0.25, 0.3) is 9.40 Å². The molecule has 4 heteroatoms. The molecule has 0 bridgehead atoms. The monoisotopic (exact) mass is 200 g/mol. The fourth-order valence-electron chi connectivity index (χ4n) is 1.10. The summed E-state index contributed by atoms with van der Waals surface area (Å²) < 4.78 is 11.7. The second-order valence-corrected chi connectivity index (χ2v) is 4.29. The maximum Gasteiger partial charge on any atom is 0.142 e. The van der Waals surface area contributed by atoms with E-state index in [1.165, 1.54) is 4.01 Å². The predicted octanol–water partition coefficient (Wildman–Crippen LogP) is 2.98. The summed E-state index contributed by atoms with van der Waals surface area (Å²) in [7, 11) is 3.36. The van der Waals surface area contributed by atoms with Crippen LogP contribution in [-0.2, 0) is 0 Å². The largest absolute Gasteiger partial charge is 0.495 e. The molecule has 2 rings (SSSR count). The molecule has 0 aliphatic rings. The van der Waals surface area contributed by atoms with Gasteiger partial charge in [0, 0.05) is 10.8 Å². The number of thiophene rings is 2. The minimum absolute atomic E-state index is 0.910. The maximum absolute atomic E-state index is 5.21. The molecule has 0 amide bonds. The molecular formula is C8H8O2S2. The Morgan fingerprint density at radius 3 is 1.92 bits per heavy atom. The molecule has 0 unspecified atom stereocenters. The zero-order valence-corrected chi connectivity index (χ0v) is 8.42. The minimum atomic E-state index is 0.910. The SMILES string of the molecule is COc1csc2scc(OC)c12. The van der Waals surface area contributed by atoms with E-state index < -0.39 is 0 Å². The van der Waals surface area contributed by atoms with Crippen molar-refractivity contribution in [1.82, 2.24) is 0 Å². The van der Waals surface area contributed by atoms with E-state index in [0.29, 0.717) is 0 Å². The normalized spacial score (nSPS) is 10.5. The average Bonchev–Trinajstić information content (AvgIpc) is 2.62. The van der Waals surface area contributed by atoms with Crippen LogP contribution in [0, 0.1) is 0 Å². The molecule has 12 heavy (non-hydrogen) atoms. The van der Waals surface area contributed by atoms with Gasteiger partial charge in [0.25, 0.3) is 0 Å². The molecule has 2 heterocycles. The number of methoxy groups -OCH3 is 2. The molecule has 64 valence electrons. The smallest absolute Gasteiger partial charge is 0.142 e. The lowest BCUT2D eigenvalue weighted by atomic mass is 10.4. The van der Waals surface area contributed by atoms with Crippen molar-refractivity contribution in [3.63, 3.8) is 0 Å². The third-order valence-corrected chi connectivity index (χ3v) is 3.76. The Morgan fingerprint density at radius 1 is 1.00 bits per heavy atom. The van der Waals surface area contributed by atoms with E-state index in [1.807, 2.05) is 10.8 Å². The zero-order valence-electron chi connectivity index (χ0n) is 6.79. The summed E-state index contributed by atoms with van der Waals surface area (Å²) in [6.07, 6.45) is 0. The Kier molecular flexibility index (Phi) is 1.94. The molecule has 2 aromatic rings.